The Morgan fingerprint density at radius 1 is 1.06 bits per heavy atom. The van der Waals surface area contributed by atoms with Crippen LogP contribution in [0.2, 0.25) is 0 Å². The highest BCUT2D eigenvalue weighted by molar-refractivity contribution is 7.89. The third-order valence-electron chi connectivity index (χ3n) is 6.08. The van der Waals surface area contributed by atoms with Crippen LogP contribution in [0.1, 0.15) is 18.4 Å². The number of anilines is 1. The van der Waals surface area contributed by atoms with Gasteiger partial charge in [-0.15, -0.1) is 0 Å². The van der Waals surface area contributed by atoms with Gasteiger partial charge in [0.25, 0.3) is 0 Å². The second kappa shape index (κ2) is 9.04. The summed E-state index contributed by atoms with van der Waals surface area (Å²) in [7, 11) is -3.64. The molecule has 1 saturated heterocycles. The number of carbonyl (C=O) groups excluding carboxylic acids is 1. The number of fused-ring (bicyclic) bond motifs is 1. The van der Waals surface area contributed by atoms with E-state index in [0.29, 0.717) is 36.5 Å². The number of nitrogens with zero attached hydrogens (tertiary/aromatic N) is 2. The quantitative estimate of drug-likeness (QED) is 0.446. The van der Waals surface area contributed by atoms with Crippen molar-refractivity contribution in [1.29, 1.82) is 0 Å². The lowest BCUT2D eigenvalue weighted by atomic mass is 9.98. The summed E-state index contributed by atoms with van der Waals surface area (Å²) >= 11 is 0. The molecule has 4 aromatic rings. The topological polar surface area (TPSA) is 92.5 Å². The number of sulfonamides is 1. The van der Waals surface area contributed by atoms with E-state index in [1.165, 1.54) is 4.31 Å². The van der Waals surface area contributed by atoms with E-state index in [0.717, 1.165) is 16.6 Å². The van der Waals surface area contributed by atoms with Gasteiger partial charge in [0.05, 0.1) is 10.8 Å². The molecule has 1 unspecified atom stereocenters. The highest BCUT2D eigenvalue weighted by Crippen LogP contribution is 2.28. The average Bonchev–Trinajstić information content (AvgIpc) is 3.29. The average molecular weight is 476 g/mol. The van der Waals surface area contributed by atoms with E-state index in [2.05, 4.69) is 10.3 Å². The third-order valence-corrected chi connectivity index (χ3v) is 7.96. The Morgan fingerprint density at radius 2 is 1.85 bits per heavy atom. The third kappa shape index (κ3) is 4.47. The van der Waals surface area contributed by atoms with Crippen molar-refractivity contribution in [3.63, 3.8) is 0 Å². The molecule has 8 heteroatoms. The summed E-state index contributed by atoms with van der Waals surface area (Å²) < 4.78 is 33.4. The maximum atomic E-state index is 13.1. The van der Waals surface area contributed by atoms with Crippen LogP contribution in [0.5, 0.6) is 0 Å². The normalized spacial score (nSPS) is 17.0. The van der Waals surface area contributed by atoms with E-state index in [4.69, 9.17) is 4.42 Å². The van der Waals surface area contributed by atoms with Gasteiger partial charge in [-0.2, -0.15) is 4.31 Å². The number of hydrogen-bond donors (Lipinski definition) is 1. The number of benzene rings is 3. The number of aromatic nitrogens is 1. The summed E-state index contributed by atoms with van der Waals surface area (Å²) in [6, 6.07) is 21.6. The second-order valence-electron chi connectivity index (χ2n) is 8.57. The Labute approximate surface area is 198 Å². The summed E-state index contributed by atoms with van der Waals surface area (Å²) in [5, 5.41) is 2.94. The molecule has 34 heavy (non-hydrogen) atoms. The summed E-state index contributed by atoms with van der Waals surface area (Å²) in [5.74, 6) is -0.147. The molecular formula is C26H25N3O4S. The van der Waals surface area contributed by atoms with Crippen molar-refractivity contribution in [2.45, 2.75) is 24.7 Å². The Hall–Kier alpha value is -3.49. The fourth-order valence-electron chi connectivity index (χ4n) is 4.20. The van der Waals surface area contributed by atoms with Gasteiger partial charge in [-0.25, -0.2) is 13.4 Å². The van der Waals surface area contributed by atoms with Crippen molar-refractivity contribution in [3.05, 3.63) is 78.4 Å². The molecule has 1 aliphatic heterocycles. The number of carbonyl (C=O) groups is 1. The van der Waals surface area contributed by atoms with E-state index in [9.17, 15) is 13.2 Å². The largest absolute Gasteiger partial charge is 0.436 e. The SMILES string of the molecule is Cc1ccc(S(=O)(=O)N2CCCC(C(=O)Nc3cccc(-c4nc5ccccc5o4)c3)C2)cc1. The van der Waals surface area contributed by atoms with Crippen molar-refractivity contribution in [2.75, 3.05) is 18.4 Å². The lowest BCUT2D eigenvalue weighted by Crippen LogP contribution is -2.43. The van der Waals surface area contributed by atoms with Crippen LogP contribution in [-0.2, 0) is 14.8 Å². The molecule has 3 aromatic carbocycles. The molecule has 2 heterocycles. The van der Waals surface area contributed by atoms with Crippen LogP contribution in [0.15, 0.2) is 82.1 Å². The molecule has 1 N–H and O–H groups in total. The lowest BCUT2D eigenvalue weighted by molar-refractivity contribution is -0.120. The Balaban J connectivity index is 1.30. The number of hydrogen-bond acceptors (Lipinski definition) is 5. The molecule has 7 nitrogen and oxygen atoms in total. The molecular weight excluding hydrogens is 450 g/mol. The number of rotatable bonds is 5. The zero-order valence-electron chi connectivity index (χ0n) is 18.8. The standard InChI is InChI=1S/C26H25N3O4S/c1-18-11-13-22(14-12-18)34(31,32)29-15-5-7-20(17-29)25(30)27-21-8-4-6-19(16-21)26-28-23-9-2-3-10-24(23)33-26/h2-4,6,8-14,16,20H,5,7,15,17H2,1H3,(H,27,30). The molecule has 1 amide bonds. The minimum absolute atomic E-state index is 0.160. The van der Waals surface area contributed by atoms with E-state index in [1.54, 1.807) is 30.3 Å². The Bertz CT molecular complexity index is 1410. The summed E-state index contributed by atoms with van der Waals surface area (Å²) in [6.45, 7) is 2.48. The molecule has 0 saturated carbocycles. The molecule has 1 aromatic heterocycles. The van der Waals surface area contributed by atoms with Gasteiger partial charge < -0.3 is 9.73 Å². The molecule has 0 aliphatic carbocycles. The van der Waals surface area contributed by atoms with Crippen molar-refractivity contribution < 1.29 is 17.6 Å². The lowest BCUT2D eigenvalue weighted by Gasteiger charge is -2.31. The first kappa shape index (κ1) is 22.3. The van der Waals surface area contributed by atoms with Crippen LogP contribution in [-0.4, -0.2) is 36.7 Å². The minimum atomic E-state index is -3.64. The molecule has 1 aliphatic rings. The van der Waals surface area contributed by atoms with Crippen LogP contribution in [0.4, 0.5) is 5.69 Å². The Morgan fingerprint density at radius 3 is 2.65 bits per heavy atom. The summed E-state index contributed by atoms with van der Waals surface area (Å²) in [6.07, 6.45) is 1.27. The molecule has 5 rings (SSSR count). The number of nitrogens with one attached hydrogen (secondary N) is 1. The van der Waals surface area contributed by atoms with Crippen molar-refractivity contribution in [2.24, 2.45) is 5.92 Å². The van der Waals surface area contributed by atoms with Crippen LogP contribution >= 0.6 is 0 Å². The predicted molar refractivity (Wildman–Crippen MR) is 131 cm³/mol. The van der Waals surface area contributed by atoms with Gasteiger partial charge in [0.15, 0.2) is 5.58 Å². The van der Waals surface area contributed by atoms with Gasteiger partial charge in [0, 0.05) is 24.3 Å². The second-order valence-corrected chi connectivity index (χ2v) is 10.5. The van der Waals surface area contributed by atoms with Gasteiger partial charge in [0.2, 0.25) is 21.8 Å². The minimum Gasteiger partial charge on any atom is -0.436 e. The number of piperidine rings is 1. The first-order valence-electron chi connectivity index (χ1n) is 11.2. The fraction of sp³-hybridized carbons (Fsp3) is 0.231. The molecule has 1 atom stereocenters. The molecule has 0 radical (unpaired) electrons. The molecule has 174 valence electrons. The smallest absolute Gasteiger partial charge is 0.243 e. The van der Waals surface area contributed by atoms with Gasteiger partial charge in [-0.1, -0.05) is 35.9 Å². The number of oxazole rings is 1. The maximum Gasteiger partial charge on any atom is 0.243 e. The van der Waals surface area contributed by atoms with Crippen molar-refractivity contribution in [1.82, 2.24) is 9.29 Å². The van der Waals surface area contributed by atoms with Crippen LogP contribution in [0.25, 0.3) is 22.6 Å². The first-order chi connectivity index (χ1) is 16.4. The van der Waals surface area contributed by atoms with Gasteiger partial charge in [-0.05, 0) is 62.2 Å². The maximum absolute atomic E-state index is 13.1. The van der Waals surface area contributed by atoms with Gasteiger partial charge >= 0.3 is 0 Å². The van der Waals surface area contributed by atoms with Crippen molar-refractivity contribution >= 4 is 32.7 Å². The van der Waals surface area contributed by atoms with Gasteiger partial charge in [0.1, 0.15) is 5.52 Å². The first-order valence-corrected chi connectivity index (χ1v) is 12.7. The number of aryl methyl sites for hydroxylation is 1. The molecule has 0 spiro atoms. The number of para-hydroxylation sites is 2. The van der Waals surface area contributed by atoms with E-state index in [-0.39, 0.29) is 17.3 Å². The van der Waals surface area contributed by atoms with Crippen LogP contribution in [0, 0.1) is 12.8 Å². The molecule has 1 fully saturated rings. The van der Waals surface area contributed by atoms with E-state index in [1.807, 2.05) is 49.4 Å². The highest BCUT2D eigenvalue weighted by Gasteiger charge is 2.33. The highest BCUT2D eigenvalue weighted by atomic mass is 32.2. The Kier molecular flexibility index (Phi) is 5.93. The van der Waals surface area contributed by atoms with Crippen LogP contribution in [0.3, 0.4) is 0 Å². The number of amides is 1. The molecule has 0 bridgehead atoms. The summed E-state index contributed by atoms with van der Waals surface area (Å²) in [5.41, 5.74) is 3.83. The van der Waals surface area contributed by atoms with E-state index >= 15 is 0 Å². The zero-order valence-corrected chi connectivity index (χ0v) is 19.6. The van der Waals surface area contributed by atoms with Crippen molar-refractivity contribution in [3.8, 4) is 11.5 Å². The summed E-state index contributed by atoms with van der Waals surface area (Å²) in [4.78, 5) is 17.8. The monoisotopic (exact) mass is 475 g/mol. The zero-order chi connectivity index (χ0) is 23.7. The predicted octanol–water partition coefficient (Wildman–Crippen LogP) is 4.84. The van der Waals surface area contributed by atoms with Crippen LogP contribution < -0.4 is 5.32 Å². The van der Waals surface area contributed by atoms with E-state index < -0.39 is 15.9 Å². The van der Waals surface area contributed by atoms with Gasteiger partial charge in [-0.3, -0.25) is 4.79 Å². The fourth-order valence-corrected chi connectivity index (χ4v) is 5.73.